The summed E-state index contributed by atoms with van der Waals surface area (Å²) in [5.41, 5.74) is 2.34. The number of halogens is 1. The molecule has 1 aliphatic rings. The number of hydrogen-bond acceptors (Lipinski definition) is 3. The number of nitrogens with one attached hydrogen (secondary N) is 2. The number of aromatic nitrogens is 1. The standard InChI is InChI=1S/C23H25FN4O/c1-2-25-22(27-16-23(12-13-23)19-10-6-7-11-20(19)24)26-14-18-15-29-21(28-18)17-8-4-3-5-9-17/h3-11,15H,2,12-14,16H2,1H3,(H2,25,26,27). The summed E-state index contributed by atoms with van der Waals surface area (Å²) in [5, 5.41) is 6.62. The van der Waals surface area contributed by atoms with Crippen LogP contribution in [-0.2, 0) is 12.0 Å². The highest BCUT2D eigenvalue weighted by Crippen LogP contribution is 2.48. The molecule has 6 heteroatoms. The van der Waals surface area contributed by atoms with Gasteiger partial charge < -0.3 is 15.1 Å². The SMILES string of the molecule is CCNC(=NCc1coc(-c2ccccc2)n1)NCC1(c2ccccc2F)CC1. The van der Waals surface area contributed by atoms with E-state index < -0.39 is 0 Å². The molecule has 0 aliphatic heterocycles. The smallest absolute Gasteiger partial charge is 0.226 e. The fourth-order valence-electron chi connectivity index (χ4n) is 3.43. The minimum absolute atomic E-state index is 0.134. The Kier molecular flexibility index (Phi) is 5.60. The summed E-state index contributed by atoms with van der Waals surface area (Å²) in [4.78, 5) is 9.13. The molecule has 0 bridgehead atoms. The molecule has 0 atom stereocenters. The first-order valence-electron chi connectivity index (χ1n) is 9.97. The zero-order valence-corrected chi connectivity index (χ0v) is 16.5. The van der Waals surface area contributed by atoms with Crippen LogP contribution in [0.1, 0.15) is 31.0 Å². The van der Waals surface area contributed by atoms with Crippen molar-refractivity contribution in [2.75, 3.05) is 13.1 Å². The monoisotopic (exact) mass is 392 g/mol. The summed E-state index contributed by atoms with van der Waals surface area (Å²) in [7, 11) is 0. The molecule has 5 nitrogen and oxygen atoms in total. The van der Waals surface area contributed by atoms with E-state index in [9.17, 15) is 4.39 Å². The average molecular weight is 392 g/mol. The van der Waals surface area contributed by atoms with Crippen LogP contribution < -0.4 is 10.6 Å². The van der Waals surface area contributed by atoms with Gasteiger partial charge >= 0.3 is 0 Å². The maximum atomic E-state index is 14.2. The minimum atomic E-state index is -0.143. The van der Waals surface area contributed by atoms with Crippen molar-refractivity contribution < 1.29 is 8.81 Å². The van der Waals surface area contributed by atoms with Crippen LogP contribution in [0, 0.1) is 5.82 Å². The third-order valence-corrected chi connectivity index (χ3v) is 5.21. The first-order valence-corrected chi connectivity index (χ1v) is 9.97. The lowest BCUT2D eigenvalue weighted by atomic mass is 9.95. The van der Waals surface area contributed by atoms with E-state index in [0.29, 0.717) is 24.9 Å². The predicted octanol–water partition coefficient (Wildman–Crippen LogP) is 4.27. The van der Waals surface area contributed by atoms with Gasteiger partial charge in [0.15, 0.2) is 5.96 Å². The number of guanidine groups is 1. The molecule has 0 radical (unpaired) electrons. The van der Waals surface area contributed by atoms with Crippen LogP contribution in [0.5, 0.6) is 0 Å². The quantitative estimate of drug-likeness (QED) is 0.466. The number of rotatable bonds is 7. The van der Waals surface area contributed by atoms with E-state index in [0.717, 1.165) is 36.2 Å². The fourth-order valence-corrected chi connectivity index (χ4v) is 3.43. The minimum Gasteiger partial charge on any atom is -0.444 e. The summed E-state index contributed by atoms with van der Waals surface area (Å²) < 4.78 is 19.8. The number of benzene rings is 2. The molecule has 4 rings (SSSR count). The molecule has 1 aromatic heterocycles. The van der Waals surface area contributed by atoms with Gasteiger partial charge in [-0.05, 0) is 43.5 Å². The Bertz CT molecular complexity index is 979. The van der Waals surface area contributed by atoms with Gasteiger partial charge in [-0.25, -0.2) is 14.4 Å². The highest BCUT2D eigenvalue weighted by Gasteiger charge is 2.45. The molecule has 1 heterocycles. The van der Waals surface area contributed by atoms with Crippen molar-refractivity contribution >= 4 is 5.96 Å². The number of hydrogen-bond donors (Lipinski definition) is 2. The van der Waals surface area contributed by atoms with Gasteiger partial charge in [0, 0.05) is 24.1 Å². The van der Waals surface area contributed by atoms with Gasteiger partial charge in [-0.3, -0.25) is 0 Å². The summed E-state index contributed by atoms with van der Waals surface area (Å²) >= 11 is 0. The van der Waals surface area contributed by atoms with E-state index >= 15 is 0 Å². The highest BCUT2D eigenvalue weighted by atomic mass is 19.1. The van der Waals surface area contributed by atoms with Crippen LogP contribution in [-0.4, -0.2) is 24.0 Å². The van der Waals surface area contributed by atoms with E-state index in [2.05, 4.69) is 20.6 Å². The van der Waals surface area contributed by atoms with Crippen LogP contribution in [0.25, 0.3) is 11.5 Å². The average Bonchev–Trinajstić information content (AvgIpc) is 3.39. The van der Waals surface area contributed by atoms with E-state index in [-0.39, 0.29) is 11.2 Å². The summed E-state index contributed by atoms with van der Waals surface area (Å²) in [6, 6.07) is 16.8. The third kappa shape index (κ3) is 4.47. The topological polar surface area (TPSA) is 62.5 Å². The lowest BCUT2D eigenvalue weighted by molar-refractivity contribution is 0.559. The largest absolute Gasteiger partial charge is 0.444 e. The summed E-state index contributed by atoms with van der Waals surface area (Å²) in [6.45, 7) is 3.81. The van der Waals surface area contributed by atoms with Gasteiger partial charge in [-0.1, -0.05) is 36.4 Å². The lowest BCUT2D eigenvalue weighted by Gasteiger charge is -2.19. The normalized spacial score (nSPS) is 15.2. The van der Waals surface area contributed by atoms with E-state index in [4.69, 9.17) is 4.42 Å². The summed E-state index contributed by atoms with van der Waals surface area (Å²) in [5.74, 6) is 1.15. The van der Waals surface area contributed by atoms with Crippen LogP contribution in [0.3, 0.4) is 0 Å². The molecular weight excluding hydrogens is 367 g/mol. The predicted molar refractivity (Wildman–Crippen MR) is 112 cm³/mol. The summed E-state index contributed by atoms with van der Waals surface area (Å²) in [6.07, 6.45) is 3.59. The van der Waals surface area contributed by atoms with Crippen LogP contribution in [0.2, 0.25) is 0 Å². The van der Waals surface area contributed by atoms with Gasteiger partial charge in [-0.2, -0.15) is 0 Å². The zero-order chi connectivity index (χ0) is 20.1. The zero-order valence-electron chi connectivity index (χ0n) is 16.5. The molecule has 29 heavy (non-hydrogen) atoms. The molecule has 0 amide bonds. The molecule has 150 valence electrons. The van der Waals surface area contributed by atoms with Gasteiger partial charge in [0.1, 0.15) is 17.8 Å². The second-order valence-corrected chi connectivity index (χ2v) is 7.32. The highest BCUT2D eigenvalue weighted by molar-refractivity contribution is 5.80. The number of nitrogens with zero attached hydrogens (tertiary/aromatic N) is 2. The molecule has 1 saturated carbocycles. The first-order chi connectivity index (χ1) is 14.2. The number of oxazole rings is 1. The first kappa shape index (κ1) is 19.2. The van der Waals surface area contributed by atoms with Crippen LogP contribution in [0.15, 0.2) is 70.3 Å². The van der Waals surface area contributed by atoms with Gasteiger partial charge in [-0.15, -0.1) is 0 Å². The Morgan fingerprint density at radius 3 is 2.59 bits per heavy atom. The van der Waals surface area contributed by atoms with Crippen LogP contribution in [0.4, 0.5) is 4.39 Å². The fraction of sp³-hybridized carbons (Fsp3) is 0.304. The third-order valence-electron chi connectivity index (χ3n) is 5.21. The van der Waals surface area contributed by atoms with Gasteiger partial charge in [0.05, 0.1) is 6.54 Å². The lowest BCUT2D eigenvalue weighted by Crippen LogP contribution is -2.41. The molecule has 0 unspecified atom stereocenters. The second kappa shape index (κ2) is 8.47. The van der Waals surface area contributed by atoms with Gasteiger partial charge in [0.25, 0.3) is 0 Å². The van der Waals surface area contributed by atoms with Crippen LogP contribution >= 0.6 is 0 Å². The van der Waals surface area contributed by atoms with Crippen molar-refractivity contribution in [3.05, 3.63) is 77.9 Å². The molecular formula is C23H25FN4O. The van der Waals surface area contributed by atoms with Crippen molar-refractivity contribution in [2.45, 2.75) is 31.7 Å². The maximum Gasteiger partial charge on any atom is 0.226 e. The second-order valence-electron chi connectivity index (χ2n) is 7.32. The molecule has 0 spiro atoms. The van der Waals surface area contributed by atoms with E-state index in [1.807, 2.05) is 49.4 Å². The maximum absolute atomic E-state index is 14.2. The Hall–Kier alpha value is -3.15. The van der Waals surface area contributed by atoms with Gasteiger partial charge in [0.2, 0.25) is 5.89 Å². The molecule has 0 saturated heterocycles. The van der Waals surface area contributed by atoms with Crippen molar-refractivity contribution in [3.63, 3.8) is 0 Å². The molecule has 2 aromatic carbocycles. The number of aliphatic imine (C=N–C) groups is 1. The van der Waals surface area contributed by atoms with Crippen molar-refractivity contribution in [1.82, 2.24) is 15.6 Å². The molecule has 1 fully saturated rings. The molecule has 2 N–H and O–H groups in total. The Morgan fingerprint density at radius 2 is 1.86 bits per heavy atom. The Balaban J connectivity index is 1.41. The molecule has 1 aliphatic carbocycles. The van der Waals surface area contributed by atoms with Crippen molar-refractivity contribution in [2.24, 2.45) is 4.99 Å². The van der Waals surface area contributed by atoms with Crippen molar-refractivity contribution in [1.29, 1.82) is 0 Å². The Labute approximate surface area is 170 Å². The van der Waals surface area contributed by atoms with E-state index in [1.54, 1.807) is 12.3 Å². The van der Waals surface area contributed by atoms with E-state index in [1.165, 1.54) is 6.07 Å². The Morgan fingerprint density at radius 1 is 1.10 bits per heavy atom. The van der Waals surface area contributed by atoms with Crippen molar-refractivity contribution in [3.8, 4) is 11.5 Å². The molecule has 3 aromatic rings.